The number of tetrazole rings is 1. The molecule has 0 bridgehead atoms. The summed E-state index contributed by atoms with van der Waals surface area (Å²) in [6.45, 7) is 1.05. The third-order valence-electron chi connectivity index (χ3n) is 5.36. The maximum absolute atomic E-state index is 12.2. The van der Waals surface area contributed by atoms with Crippen molar-refractivity contribution in [2.24, 2.45) is 0 Å². The van der Waals surface area contributed by atoms with Crippen LogP contribution in [-0.2, 0) is 20.8 Å². The third-order valence-corrected chi connectivity index (χ3v) is 5.36. The number of benzene rings is 2. The van der Waals surface area contributed by atoms with Gasteiger partial charge >= 0.3 is 6.09 Å². The van der Waals surface area contributed by atoms with Gasteiger partial charge in [-0.3, -0.25) is 0 Å². The molecule has 1 N–H and O–H groups in total. The second kappa shape index (κ2) is 8.21. The van der Waals surface area contributed by atoms with Crippen molar-refractivity contribution in [2.45, 2.75) is 30.9 Å². The van der Waals surface area contributed by atoms with Gasteiger partial charge in [-0.05, 0) is 16.0 Å². The van der Waals surface area contributed by atoms with E-state index in [1.54, 1.807) is 4.68 Å². The minimum atomic E-state index is -0.493. The summed E-state index contributed by atoms with van der Waals surface area (Å²) in [7, 11) is 0. The molecule has 0 spiro atoms. The van der Waals surface area contributed by atoms with E-state index in [4.69, 9.17) is 14.2 Å². The Kier molecular flexibility index (Phi) is 5.12. The summed E-state index contributed by atoms with van der Waals surface area (Å²) in [5, 5.41) is 14.9. The highest BCUT2D eigenvalue weighted by molar-refractivity contribution is 5.67. The summed E-state index contributed by atoms with van der Waals surface area (Å²) >= 11 is 0. The summed E-state index contributed by atoms with van der Waals surface area (Å²) in [4.78, 5) is 12.2. The molecule has 0 aliphatic carbocycles. The number of hydrogen-bond donors (Lipinski definition) is 1. The molecule has 3 aromatic rings. The highest BCUT2D eigenvalue weighted by atomic mass is 16.6. The lowest BCUT2D eigenvalue weighted by molar-refractivity contribution is 0.00290. The molecule has 2 aromatic carbocycles. The molecule has 9 nitrogen and oxygen atoms in total. The Morgan fingerprint density at radius 1 is 1.03 bits per heavy atom. The van der Waals surface area contributed by atoms with Crippen LogP contribution in [-0.4, -0.2) is 57.8 Å². The molecule has 3 heterocycles. The number of nitrogens with zero attached hydrogens (tertiary/aromatic N) is 4. The summed E-state index contributed by atoms with van der Waals surface area (Å²) in [5.41, 5.74) is 1.91. The largest absolute Gasteiger partial charge is 0.441 e. The van der Waals surface area contributed by atoms with Gasteiger partial charge in [-0.1, -0.05) is 60.7 Å². The van der Waals surface area contributed by atoms with Gasteiger partial charge in [-0.25, -0.2) is 9.48 Å². The van der Waals surface area contributed by atoms with Crippen LogP contribution in [0.4, 0.5) is 4.79 Å². The molecular weight excluding hydrogens is 386 g/mol. The quantitative estimate of drug-likeness (QED) is 0.690. The second-order valence-corrected chi connectivity index (χ2v) is 7.26. The Morgan fingerprint density at radius 2 is 1.77 bits per heavy atom. The number of aromatic nitrogens is 4. The van der Waals surface area contributed by atoms with Crippen molar-refractivity contribution >= 4 is 6.09 Å². The predicted octanol–water partition coefficient (Wildman–Crippen LogP) is 1.97. The first kappa shape index (κ1) is 18.7. The van der Waals surface area contributed by atoms with E-state index >= 15 is 0 Å². The number of carbonyl (C=O) groups excluding carboxylic acids is 1. The van der Waals surface area contributed by atoms with Crippen LogP contribution in [0.5, 0.6) is 0 Å². The van der Waals surface area contributed by atoms with E-state index in [1.165, 1.54) is 0 Å². The minimum Gasteiger partial charge on any atom is -0.441 e. The Bertz CT molecular complexity index is 997. The first-order valence-electron chi connectivity index (χ1n) is 9.84. The smallest absolute Gasteiger partial charge is 0.407 e. The number of alkyl carbamates (subject to hydrolysis) is 1. The van der Waals surface area contributed by atoms with Crippen LogP contribution >= 0.6 is 0 Å². The van der Waals surface area contributed by atoms with Crippen molar-refractivity contribution in [3.8, 4) is 11.4 Å². The SMILES string of the molecule is O=C(NCc1ccccc1)O[C@@H]1CO[C@H]2[C@@H]1OC[C@@H]2n1nnnc1-c1ccccc1. The molecule has 0 saturated carbocycles. The molecule has 1 aromatic heterocycles. The standard InChI is InChI=1S/C21H21N5O4/c27-21(22-11-14-7-3-1-4-8-14)30-17-13-29-18-16(12-28-19(17)18)26-20(23-24-25-26)15-9-5-2-6-10-15/h1-10,16-19H,11-13H2,(H,22,27)/t16-,17+,18+,19+/m0/s1. The summed E-state index contributed by atoms with van der Waals surface area (Å²) in [6, 6.07) is 19.2. The molecule has 30 heavy (non-hydrogen) atoms. The van der Waals surface area contributed by atoms with Gasteiger partial charge < -0.3 is 19.5 Å². The van der Waals surface area contributed by atoms with E-state index in [2.05, 4.69) is 20.8 Å². The second-order valence-electron chi connectivity index (χ2n) is 7.26. The number of rotatable bonds is 5. The van der Waals surface area contributed by atoms with E-state index in [0.29, 0.717) is 19.0 Å². The lowest BCUT2D eigenvalue weighted by Gasteiger charge is -2.18. The highest BCUT2D eigenvalue weighted by Gasteiger charge is 2.51. The van der Waals surface area contributed by atoms with Gasteiger partial charge in [-0.2, -0.15) is 0 Å². The number of ether oxygens (including phenoxy) is 3. The number of hydrogen-bond acceptors (Lipinski definition) is 7. The van der Waals surface area contributed by atoms with E-state index in [0.717, 1.165) is 11.1 Å². The maximum atomic E-state index is 12.2. The van der Waals surface area contributed by atoms with Crippen LogP contribution < -0.4 is 5.32 Å². The molecule has 1 amide bonds. The zero-order valence-electron chi connectivity index (χ0n) is 16.1. The molecule has 9 heteroatoms. The van der Waals surface area contributed by atoms with Crippen molar-refractivity contribution < 1.29 is 19.0 Å². The number of amides is 1. The molecule has 2 fully saturated rings. The van der Waals surface area contributed by atoms with Gasteiger partial charge in [0, 0.05) is 12.1 Å². The van der Waals surface area contributed by atoms with Crippen molar-refractivity contribution in [1.29, 1.82) is 0 Å². The molecule has 2 aliphatic rings. The summed E-state index contributed by atoms with van der Waals surface area (Å²) in [6.07, 6.45) is -1.62. The molecular formula is C21H21N5O4. The lowest BCUT2D eigenvalue weighted by Crippen LogP contribution is -2.37. The first-order valence-corrected chi connectivity index (χ1v) is 9.84. The topological polar surface area (TPSA) is 100 Å². The van der Waals surface area contributed by atoms with Gasteiger partial charge in [0.25, 0.3) is 0 Å². The van der Waals surface area contributed by atoms with Gasteiger partial charge in [-0.15, -0.1) is 5.10 Å². The predicted molar refractivity (Wildman–Crippen MR) is 105 cm³/mol. The van der Waals surface area contributed by atoms with Crippen LogP contribution in [0.3, 0.4) is 0 Å². The van der Waals surface area contributed by atoms with Crippen molar-refractivity contribution in [3.63, 3.8) is 0 Å². The fourth-order valence-corrected chi connectivity index (χ4v) is 3.90. The average Bonchev–Trinajstić information content (AvgIpc) is 3.51. The third kappa shape index (κ3) is 3.64. The Morgan fingerprint density at radius 3 is 2.57 bits per heavy atom. The zero-order valence-corrected chi connectivity index (χ0v) is 16.1. The van der Waals surface area contributed by atoms with E-state index in [-0.39, 0.29) is 24.9 Å². The zero-order chi connectivity index (χ0) is 20.3. The van der Waals surface area contributed by atoms with Gasteiger partial charge in [0.15, 0.2) is 11.9 Å². The van der Waals surface area contributed by atoms with Crippen molar-refractivity contribution in [2.75, 3.05) is 13.2 Å². The monoisotopic (exact) mass is 407 g/mol. The van der Waals surface area contributed by atoms with Gasteiger partial charge in [0.2, 0.25) is 0 Å². The van der Waals surface area contributed by atoms with Crippen molar-refractivity contribution in [3.05, 3.63) is 66.2 Å². The molecule has 2 saturated heterocycles. The van der Waals surface area contributed by atoms with Crippen molar-refractivity contribution in [1.82, 2.24) is 25.5 Å². The van der Waals surface area contributed by atoms with E-state index < -0.39 is 12.2 Å². The Hall–Kier alpha value is -3.30. The fraction of sp³-hybridized carbons (Fsp3) is 0.333. The van der Waals surface area contributed by atoms with E-state index in [9.17, 15) is 4.79 Å². The Labute approximate surface area is 172 Å². The molecule has 154 valence electrons. The summed E-state index contributed by atoms with van der Waals surface area (Å²) in [5.74, 6) is 0.651. The molecule has 0 radical (unpaired) electrons. The lowest BCUT2D eigenvalue weighted by atomic mass is 10.1. The van der Waals surface area contributed by atoms with Gasteiger partial charge in [0.1, 0.15) is 18.2 Å². The minimum absolute atomic E-state index is 0.193. The normalized spacial score (nSPS) is 25.1. The molecule has 5 rings (SSSR count). The number of fused-ring (bicyclic) bond motifs is 1. The number of nitrogens with one attached hydrogen (secondary N) is 1. The summed E-state index contributed by atoms with van der Waals surface area (Å²) < 4.78 is 19.2. The van der Waals surface area contributed by atoms with Crippen LogP contribution in [0.2, 0.25) is 0 Å². The first-order chi connectivity index (χ1) is 14.8. The van der Waals surface area contributed by atoms with Crippen LogP contribution in [0.1, 0.15) is 11.6 Å². The fourth-order valence-electron chi connectivity index (χ4n) is 3.90. The van der Waals surface area contributed by atoms with E-state index in [1.807, 2.05) is 60.7 Å². The van der Waals surface area contributed by atoms with Gasteiger partial charge in [0.05, 0.1) is 13.2 Å². The number of carbonyl (C=O) groups is 1. The maximum Gasteiger partial charge on any atom is 0.407 e. The van der Waals surface area contributed by atoms with Crippen LogP contribution in [0, 0.1) is 0 Å². The van der Waals surface area contributed by atoms with Crippen LogP contribution in [0.15, 0.2) is 60.7 Å². The average molecular weight is 407 g/mol. The molecule has 0 unspecified atom stereocenters. The Balaban J connectivity index is 1.23. The molecule has 4 atom stereocenters. The highest BCUT2D eigenvalue weighted by Crippen LogP contribution is 2.36. The molecule has 2 aliphatic heterocycles. The van der Waals surface area contributed by atoms with Crippen LogP contribution in [0.25, 0.3) is 11.4 Å².